The summed E-state index contributed by atoms with van der Waals surface area (Å²) in [6.07, 6.45) is 0.523. The van der Waals surface area contributed by atoms with Gasteiger partial charge < -0.3 is 12.9 Å². The van der Waals surface area contributed by atoms with Crippen molar-refractivity contribution in [2.75, 3.05) is 0 Å². The van der Waals surface area contributed by atoms with E-state index < -0.39 is 24.4 Å². The molecule has 0 unspecified atom stereocenters. The first-order chi connectivity index (χ1) is 5.84. The Morgan fingerprint density at radius 3 is 2.07 bits per heavy atom. The van der Waals surface area contributed by atoms with Crippen molar-refractivity contribution >= 4 is 12.4 Å². The van der Waals surface area contributed by atoms with Gasteiger partial charge in [0, 0.05) is 12.2 Å². The molecule has 0 atom stereocenters. The standard InChI is InChI=1S/C6H8BF4N2.K/c1-4(2)13-6(8)5(3-12-13)7(9,10)11;/h3-4H,1-2H3;/q-1;+1. The quantitative estimate of drug-likeness (QED) is 0.457. The van der Waals surface area contributed by atoms with Crippen molar-refractivity contribution in [3.8, 4) is 0 Å². The van der Waals surface area contributed by atoms with E-state index in [0.29, 0.717) is 10.9 Å². The van der Waals surface area contributed by atoms with Gasteiger partial charge in [-0.2, -0.15) is 9.49 Å². The molecule has 1 aromatic heterocycles. The minimum absolute atomic E-state index is 0. The second kappa shape index (κ2) is 5.11. The molecule has 0 aromatic carbocycles. The fourth-order valence-electron chi connectivity index (χ4n) is 0.940. The molecule has 8 heteroatoms. The molecule has 2 nitrogen and oxygen atoms in total. The zero-order valence-corrected chi connectivity index (χ0v) is 11.3. The molecule has 0 aliphatic heterocycles. The maximum absolute atomic E-state index is 13.0. The maximum atomic E-state index is 13.0. The van der Waals surface area contributed by atoms with Gasteiger partial charge in [0.25, 0.3) is 0 Å². The third kappa shape index (κ3) is 3.06. The van der Waals surface area contributed by atoms with Crippen LogP contribution in [0, 0.1) is 5.95 Å². The fraction of sp³-hybridized carbons (Fsp3) is 0.500. The van der Waals surface area contributed by atoms with E-state index >= 15 is 0 Å². The zero-order valence-electron chi connectivity index (χ0n) is 8.14. The van der Waals surface area contributed by atoms with Crippen molar-refractivity contribution in [1.29, 1.82) is 0 Å². The van der Waals surface area contributed by atoms with E-state index in [4.69, 9.17) is 0 Å². The molecule has 0 saturated carbocycles. The molecule has 1 heterocycles. The molecule has 0 amide bonds. The molecule has 0 radical (unpaired) electrons. The minimum Gasteiger partial charge on any atom is -0.445 e. The second-order valence-corrected chi connectivity index (χ2v) is 3.00. The van der Waals surface area contributed by atoms with Crippen molar-refractivity contribution in [3.05, 3.63) is 12.1 Å². The number of aromatic nitrogens is 2. The Balaban J connectivity index is 0.00000169. The molecule has 0 N–H and O–H groups in total. The third-order valence-corrected chi connectivity index (χ3v) is 1.60. The molecule has 0 fully saturated rings. The van der Waals surface area contributed by atoms with Crippen LogP contribution in [-0.4, -0.2) is 16.8 Å². The number of halogens is 4. The van der Waals surface area contributed by atoms with Crippen molar-refractivity contribution in [1.82, 2.24) is 9.78 Å². The van der Waals surface area contributed by atoms with E-state index in [1.807, 2.05) is 0 Å². The summed E-state index contributed by atoms with van der Waals surface area (Å²) in [5.41, 5.74) is -1.26. The van der Waals surface area contributed by atoms with Crippen LogP contribution in [0.2, 0.25) is 0 Å². The molecule has 74 valence electrons. The van der Waals surface area contributed by atoms with Crippen LogP contribution in [-0.2, 0) is 0 Å². The van der Waals surface area contributed by atoms with Crippen LogP contribution in [0.3, 0.4) is 0 Å². The van der Waals surface area contributed by atoms with Gasteiger partial charge in [0.1, 0.15) is 0 Å². The Morgan fingerprint density at radius 2 is 1.86 bits per heavy atom. The van der Waals surface area contributed by atoms with Crippen LogP contribution < -0.4 is 56.8 Å². The molecular formula is C6H8BF4KN2. The summed E-state index contributed by atoms with van der Waals surface area (Å²) in [7, 11) is 0. The summed E-state index contributed by atoms with van der Waals surface area (Å²) in [4.78, 5) is 0. The van der Waals surface area contributed by atoms with Crippen LogP contribution >= 0.6 is 0 Å². The number of hydrogen-bond donors (Lipinski definition) is 0. The average Bonchev–Trinajstić information content (AvgIpc) is 2.28. The summed E-state index contributed by atoms with van der Waals surface area (Å²) in [5.74, 6) is -1.30. The summed E-state index contributed by atoms with van der Waals surface area (Å²) >= 11 is 0. The van der Waals surface area contributed by atoms with Gasteiger partial charge in [-0.25, -0.2) is 4.68 Å². The molecule has 14 heavy (non-hydrogen) atoms. The third-order valence-electron chi connectivity index (χ3n) is 1.60. The number of hydrogen-bond acceptors (Lipinski definition) is 1. The van der Waals surface area contributed by atoms with E-state index in [2.05, 4.69) is 5.10 Å². The van der Waals surface area contributed by atoms with Crippen LogP contribution in [0.15, 0.2) is 6.20 Å². The largest absolute Gasteiger partial charge is 1.00 e. The average molecular weight is 234 g/mol. The normalized spacial score (nSPS) is 11.6. The first-order valence-corrected chi connectivity index (χ1v) is 3.77. The fourth-order valence-corrected chi connectivity index (χ4v) is 0.940. The van der Waals surface area contributed by atoms with Crippen LogP contribution in [0.5, 0.6) is 0 Å². The topological polar surface area (TPSA) is 17.8 Å². The zero-order chi connectivity index (χ0) is 10.2. The van der Waals surface area contributed by atoms with Gasteiger partial charge in [0.15, 0.2) is 5.95 Å². The number of rotatable bonds is 2. The van der Waals surface area contributed by atoms with E-state index in [1.165, 1.54) is 0 Å². The molecule has 0 spiro atoms. The van der Waals surface area contributed by atoms with Crippen molar-refractivity contribution in [2.24, 2.45) is 0 Å². The van der Waals surface area contributed by atoms with Crippen molar-refractivity contribution in [3.63, 3.8) is 0 Å². The molecule has 0 bridgehead atoms. The van der Waals surface area contributed by atoms with Gasteiger partial charge in [-0.15, -0.1) is 0 Å². The van der Waals surface area contributed by atoms with Crippen LogP contribution in [0.25, 0.3) is 0 Å². The number of nitrogens with zero attached hydrogens (tertiary/aromatic N) is 2. The SMILES string of the molecule is CC(C)n1ncc([B-](F)(F)F)c1F.[K+]. The van der Waals surface area contributed by atoms with Crippen LogP contribution in [0.1, 0.15) is 19.9 Å². The first-order valence-electron chi connectivity index (χ1n) is 3.77. The van der Waals surface area contributed by atoms with Gasteiger partial charge in [0.2, 0.25) is 0 Å². The Morgan fingerprint density at radius 1 is 1.36 bits per heavy atom. The van der Waals surface area contributed by atoms with Gasteiger partial charge >= 0.3 is 58.4 Å². The second-order valence-electron chi connectivity index (χ2n) is 3.00. The summed E-state index contributed by atoms with van der Waals surface area (Å²) in [5, 5.41) is 3.32. The molecule has 0 aliphatic rings. The molecule has 1 rings (SSSR count). The Bertz CT molecular complexity index is 309. The van der Waals surface area contributed by atoms with E-state index in [1.54, 1.807) is 13.8 Å². The maximum Gasteiger partial charge on any atom is 1.00 e. The predicted molar refractivity (Wildman–Crippen MR) is 41.3 cm³/mol. The Hall–Kier alpha value is 0.631. The van der Waals surface area contributed by atoms with Gasteiger partial charge in [-0.1, -0.05) is 0 Å². The summed E-state index contributed by atoms with van der Waals surface area (Å²) in [6, 6.07) is -0.410. The Kier molecular flexibility index (Phi) is 5.34. The van der Waals surface area contributed by atoms with E-state index in [0.717, 1.165) is 0 Å². The smallest absolute Gasteiger partial charge is 0.445 e. The summed E-state index contributed by atoms with van der Waals surface area (Å²) in [6.45, 7) is -2.18. The van der Waals surface area contributed by atoms with Crippen molar-refractivity contribution < 1.29 is 68.7 Å². The van der Waals surface area contributed by atoms with E-state index in [9.17, 15) is 17.3 Å². The monoisotopic (exact) mass is 234 g/mol. The van der Waals surface area contributed by atoms with Crippen LogP contribution in [0.4, 0.5) is 17.3 Å². The first kappa shape index (κ1) is 14.6. The Labute approximate surface area is 122 Å². The van der Waals surface area contributed by atoms with Crippen molar-refractivity contribution in [2.45, 2.75) is 19.9 Å². The van der Waals surface area contributed by atoms with Gasteiger partial charge in [-0.3, -0.25) is 0 Å². The molecule has 0 saturated heterocycles. The summed E-state index contributed by atoms with van der Waals surface area (Å²) < 4.78 is 50.0. The predicted octanol–water partition coefficient (Wildman–Crippen LogP) is -1.34. The van der Waals surface area contributed by atoms with Gasteiger partial charge in [-0.05, 0) is 19.3 Å². The van der Waals surface area contributed by atoms with E-state index in [-0.39, 0.29) is 51.4 Å². The molecular weight excluding hydrogens is 226 g/mol. The molecule has 1 aromatic rings. The minimum atomic E-state index is -5.30. The van der Waals surface area contributed by atoms with Gasteiger partial charge in [0.05, 0.1) is 0 Å². The molecule has 0 aliphatic carbocycles.